The fourth-order valence-electron chi connectivity index (χ4n) is 1.17. The molecule has 1 fully saturated rings. The molecule has 0 aromatic rings. The molecule has 0 aromatic carbocycles. The van der Waals surface area contributed by atoms with Crippen LogP contribution in [-0.4, -0.2) is 55.6 Å². The van der Waals surface area contributed by atoms with Gasteiger partial charge < -0.3 is 14.5 Å². The van der Waals surface area contributed by atoms with Gasteiger partial charge in [-0.1, -0.05) is 5.70 Å². The molecule has 0 aromatic heterocycles. The standard InChI is InChI=1S/C9H13N2O.C5H12O.Y/c1-3-4-9-7-11(8-12)6-5-10(9)2;1-5(2,3)6-4;/h3,8H,1,5-7H2,2H3;1-4H3;/q-1;;. The summed E-state index contributed by atoms with van der Waals surface area (Å²) in [7, 11) is 3.70. The van der Waals surface area contributed by atoms with E-state index in [1.807, 2.05) is 27.8 Å². The zero-order valence-electron chi connectivity index (χ0n) is 12.8. The Labute approximate surface area is 142 Å². The maximum atomic E-state index is 10.5. The van der Waals surface area contributed by atoms with Crippen LogP contribution in [0.15, 0.2) is 18.4 Å². The summed E-state index contributed by atoms with van der Waals surface area (Å²) in [5, 5.41) is 0. The van der Waals surface area contributed by atoms with Gasteiger partial charge in [0.25, 0.3) is 0 Å². The van der Waals surface area contributed by atoms with Crippen molar-refractivity contribution in [1.82, 2.24) is 9.80 Å². The van der Waals surface area contributed by atoms with Crippen molar-refractivity contribution in [2.45, 2.75) is 26.4 Å². The zero-order chi connectivity index (χ0) is 14.2. The van der Waals surface area contributed by atoms with Crippen molar-refractivity contribution >= 4 is 6.41 Å². The third kappa shape index (κ3) is 10.3. The van der Waals surface area contributed by atoms with E-state index in [0.717, 1.165) is 25.2 Å². The molecule has 107 valence electrons. The SMILES string of the molecule is C=C[C-]=C1CN(C=O)CCN1C.COC(C)(C)C.[Y]. The number of hydrogen-bond acceptors (Lipinski definition) is 3. The Morgan fingerprint density at radius 3 is 2.26 bits per heavy atom. The van der Waals surface area contributed by atoms with Gasteiger partial charge in [-0.25, -0.2) is 18.7 Å². The summed E-state index contributed by atoms with van der Waals surface area (Å²) in [6.07, 6.45) is 5.50. The summed E-state index contributed by atoms with van der Waals surface area (Å²) in [6, 6.07) is 0. The molecule has 1 rings (SSSR count). The fraction of sp³-hybridized carbons (Fsp3) is 0.643. The van der Waals surface area contributed by atoms with Crippen molar-refractivity contribution < 1.29 is 42.2 Å². The quantitative estimate of drug-likeness (QED) is 0.566. The van der Waals surface area contributed by atoms with Gasteiger partial charge in [-0.3, -0.25) is 4.79 Å². The van der Waals surface area contributed by atoms with Crippen molar-refractivity contribution in [3.63, 3.8) is 0 Å². The van der Waals surface area contributed by atoms with Gasteiger partial charge >= 0.3 is 0 Å². The van der Waals surface area contributed by atoms with Gasteiger partial charge in [0.05, 0.1) is 5.60 Å². The summed E-state index contributed by atoms with van der Waals surface area (Å²) in [4.78, 5) is 14.3. The van der Waals surface area contributed by atoms with Gasteiger partial charge in [0.2, 0.25) is 6.41 Å². The third-order valence-electron chi connectivity index (χ3n) is 2.57. The average Bonchev–Trinajstić information content (AvgIpc) is 2.32. The number of nitrogens with zero attached hydrogens (tertiary/aromatic N) is 2. The largest absolute Gasteiger partial charge is 0.391 e. The van der Waals surface area contributed by atoms with Crippen LogP contribution >= 0.6 is 0 Å². The Bertz CT molecular complexity index is 298. The molecule has 0 N–H and O–H groups in total. The van der Waals surface area contributed by atoms with E-state index in [0.29, 0.717) is 6.54 Å². The molecule has 19 heavy (non-hydrogen) atoms. The predicted octanol–water partition coefficient (Wildman–Crippen LogP) is 1.69. The van der Waals surface area contributed by atoms with E-state index in [1.54, 1.807) is 18.1 Å². The van der Waals surface area contributed by atoms with Crippen LogP contribution in [0.4, 0.5) is 0 Å². The first-order chi connectivity index (χ1) is 8.34. The Morgan fingerprint density at radius 2 is 1.89 bits per heavy atom. The number of methoxy groups -OCH3 is 1. The maximum Gasteiger partial charge on any atom is 0.210 e. The fourth-order valence-corrected chi connectivity index (χ4v) is 1.17. The van der Waals surface area contributed by atoms with Crippen molar-refractivity contribution in [3.8, 4) is 0 Å². The van der Waals surface area contributed by atoms with Gasteiger partial charge in [0, 0.05) is 66.5 Å². The van der Waals surface area contributed by atoms with E-state index >= 15 is 0 Å². The van der Waals surface area contributed by atoms with Crippen LogP contribution in [0.2, 0.25) is 0 Å². The Balaban J connectivity index is 0. The second kappa shape index (κ2) is 10.6. The number of carbonyl (C=O) groups excluding carboxylic acids is 1. The number of carbonyl (C=O) groups is 1. The van der Waals surface area contributed by atoms with E-state index in [2.05, 4.69) is 17.6 Å². The second-order valence-electron chi connectivity index (χ2n) is 5.11. The molecule has 5 heteroatoms. The molecule has 1 saturated heterocycles. The molecule has 1 heterocycles. The molecule has 4 nitrogen and oxygen atoms in total. The molecular formula is C14H25N2O2Y-. The minimum Gasteiger partial charge on any atom is -0.391 e. The Hall–Kier alpha value is -0.186. The third-order valence-corrected chi connectivity index (χ3v) is 2.57. The summed E-state index contributed by atoms with van der Waals surface area (Å²) < 4.78 is 4.94. The Morgan fingerprint density at radius 1 is 1.37 bits per heavy atom. The molecule has 1 radical (unpaired) electrons. The van der Waals surface area contributed by atoms with Crippen LogP contribution < -0.4 is 0 Å². The van der Waals surface area contributed by atoms with Gasteiger partial charge in [-0.15, -0.1) is 0 Å². The number of allylic oxidation sites excluding steroid dienone is 2. The van der Waals surface area contributed by atoms with Crippen LogP contribution in [0.25, 0.3) is 0 Å². The monoisotopic (exact) mass is 342 g/mol. The minimum absolute atomic E-state index is 0. The molecule has 0 unspecified atom stereocenters. The summed E-state index contributed by atoms with van der Waals surface area (Å²) in [5.41, 5.74) is 1.06. The van der Waals surface area contributed by atoms with E-state index in [4.69, 9.17) is 4.74 Å². The molecule has 0 bridgehead atoms. The first kappa shape index (κ1) is 21.1. The molecule has 0 spiro atoms. The first-order valence-corrected chi connectivity index (χ1v) is 6.03. The number of likely N-dealkylation sites (N-methyl/N-ethyl adjacent to an activating group) is 1. The molecule has 0 saturated carbocycles. The van der Waals surface area contributed by atoms with Crippen molar-refractivity contribution in [1.29, 1.82) is 0 Å². The van der Waals surface area contributed by atoms with E-state index in [9.17, 15) is 4.79 Å². The zero-order valence-corrected chi connectivity index (χ0v) is 15.6. The number of amides is 1. The topological polar surface area (TPSA) is 32.8 Å². The normalized spacial score (nSPS) is 17.2. The van der Waals surface area contributed by atoms with Crippen LogP contribution in [0.1, 0.15) is 20.8 Å². The number of rotatable bonds is 2. The minimum atomic E-state index is 0. The van der Waals surface area contributed by atoms with Gasteiger partial charge in [-0.05, 0) is 20.8 Å². The maximum absolute atomic E-state index is 10.5. The smallest absolute Gasteiger partial charge is 0.210 e. The summed E-state index contributed by atoms with van der Waals surface area (Å²) in [6.45, 7) is 11.9. The van der Waals surface area contributed by atoms with Crippen LogP contribution in [0.5, 0.6) is 0 Å². The van der Waals surface area contributed by atoms with Crippen LogP contribution in [-0.2, 0) is 42.2 Å². The number of ether oxygens (including phenoxy) is 1. The van der Waals surface area contributed by atoms with E-state index < -0.39 is 0 Å². The molecular weight excluding hydrogens is 317 g/mol. The molecule has 1 amide bonds. The van der Waals surface area contributed by atoms with Gasteiger partial charge in [0.1, 0.15) is 0 Å². The van der Waals surface area contributed by atoms with E-state index in [-0.39, 0.29) is 38.3 Å². The van der Waals surface area contributed by atoms with Gasteiger partial charge in [0.15, 0.2) is 0 Å². The molecule has 0 aliphatic carbocycles. The summed E-state index contributed by atoms with van der Waals surface area (Å²) in [5.74, 6) is 0. The Kier molecular flexibility index (Phi) is 11.8. The molecule has 0 atom stereocenters. The van der Waals surface area contributed by atoms with Crippen LogP contribution in [0, 0.1) is 6.08 Å². The van der Waals surface area contributed by atoms with Gasteiger partial charge in [-0.2, -0.15) is 0 Å². The average molecular weight is 342 g/mol. The van der Waals surface area contributed by atoms with Crippen molar-refractivity contribution in [2.75, 3.05) is 33.8 Å². The number of hydrogen-bond donors (Lipinski definition) is 0. The van der Waals surface area contributed by atoms with Crippen molar-refractivity contribution in [2.24, 2.45) is 0 Å². The van der Waals surface area contributed by atoms with Crippen molar-refractivity contribution in [3.05, 3.63) is 24.4 Å². The molecule has 1 aliphatic heterocycles. The first-order valence-electron chi connectivity index (χ1n) is 6.03. The predicted molar refractivity (Wildman–Crippen MR) is 74.0 cm³/mol. The van der Waals surface area contributed by atoms with E-state index in [1.165, 1.54) is 0 Å². The second-order valence-corrected chi connectivity index (χ2v) is 5.11. The summed E-state index contributed by atoms with van der Waals surface area (Å²) >= 11 is 0. The molecule has 1 aliphatic rings. The number of piperazine rings is 1. The van der Waals surface area contributed by atoms with Crippen LogP contribution in [0.3, 0.4) is 0 Å².